The third-order valence-corrected chi connectivity index (χ3v) is 5.33. The lowest BCUT2D eigenvalue weighted by molar-refractivity contribution is -0.134. The second-order valence-corrected chi connectivity index (χ2v) is 6.86. The highest BCUT2D eigenvalue weighted by atomic mass is 35.5. The number of likely N-dealkylation sites (tertiary alicyclic amines) is 1. The summed E-state index contributed by atoms with van der Waals surface area (Å²) in [6.07, 6.45) is 0.399. The van der Waals surface area contributed by atoms with Crippen molar-refractivity contribution in [1.82, 2.24) is 10.2 Å². The predicted octanol–water partition coefficient (Wildman–Crippen LogP) is 2.34. The van der Waals surface area contributed by atoms with E-state index in [4.69, 9.17) is 11.6 Å². The SMILES string of the molecule is CC1(C)C2CNCC2CN1C(=O)Cc1ccccc1Cl. The van der Waals surface area contributed by atoms with Gasteiger partial charge in [-0.3, -0.25) is 4.79 Å². The van der Waals surface area contributed by atoms with Gasteiger partial charge < -0.3 is 10.2 Å². The fourth-order valence-corrected chi connectivity index (χ4v) is 3.95. The summed E-state index contributed by atoms with van der Waals surface area (Å²) in [4.78, 5) is 14.7. The molecule has 2 aliphatic rings. The van der Waals surface area contributed by atoms with Crippen LogP contribution in [0.2, 0.25) is 5.02 Å². The zero-order chi connectivity index (χ0) is 14.3. The third-order valence-electron chi connectivity index (χ3n) is 4.96. The first kappa shape index (κ1) is 13.9. The van der Waals surface area contributed by atoms with E-state index >= 15 is 0 Å². The van der Waals surface area contributed by atoms with Crippen LogP contribution in [0.4, 0.5) is 0 Å². The average molecular weight is 293 g/mol. The number of hydrogen-bond acceptors (Lipinski definition) is 2. The van der Waals surface area contributed by atoms with Gasteiger partial charge in [-0.15, -0.1) is 0 Å². The monoisotopic (exact) mass is 292 g/mol. The molecule has 2 aliphatic heterocycles. The molecule has 4 heteroatoms. The Balaban J connectivity index is 1.77. The van der Waals surface area contributed by atoms with Crippen molar-refractivity contribution in [1.29, 1.82) is 0 Å². The van der Waals surface area contributed by atoms with Crippen LogP contribution in [0.5, 0.6) is 0 Å². The van der Waals surface area contributed by atoms with Crippen LogP contribution in [0, 0.1) is 11.8 Å². The quantitative estimate of drug-likeness (QED) is 0.907. The number of rotatable bonds is 2. The minimum atomic E-state index is -0.0630. The summed E-state index contributed by atoms with van der Waals surface area (Å²) in [7, 11) is 0. The molecule has 2 heterocycles. The number of hydrogen-bond donors (Lipinski definition) is 1. The molecule has 20 heavy (non-hydrogen) atoms. The smallest absolute Gasteiger partial charge is 0.227 e. The Morgan fingerprint density at radius 2 is 2.15 bits per heavy atom. The largest absolute Gasteiger partial charge is 0.337 e. The number of nitrogens with one attached hydrogen (secondary N) is 1. The lowest BCUT2D eigenvalue weighted by Gasteiger charge is -2.35. The third kappa shape index (κ3) is 2.23. The van der Waals surface area contributed by atoms with Gasteiger partial charge in [0.25, 0.3) is 0 Å². The van der Waals surface area contributed by atoms with Gasteiger partial charge in [0.15, 0.2) is 0 Å². The maximum absolute atomic E-state index is 12.7. The van der Waals surface area contributed by atoms with Crippen molar-refractivity contribution in [2.75, 3.05) is 19.6 Å². The number of carbonyl (C=O) groups is 1. The van der Waals surface area contributed by atoms with Crippen LogP contribution < -0.4 is 5.32 Å². The van der Waals surface area contributed by atoms with Gasteiger partial charge in [-0.25, -0.2) is 0 Å². The van der Waals surface area contributed by atoms with Crippen molar-refractivity contribution in [2.45, 2.75) is 25.8 Å². The van der Waals surface area contributed by atoms with E-state index in [1.54, 1.807) is 0 Å². The molecule has 0 saturated carbocycles. The molecule has 3 rings (SSSR count). The Morgan fingerprint density at radius 1 is 1.40 bits per heavy atom. The Kier molecular flexibility index (Phi) is 3.51. The van der Waals surface area contributed by atoms with E-state index in [2.05, 4.69) is 24.1 Å². The average Bonchev–Trinajstić information content (AvgIpc) is 2.95. The maximum Gasteiger partial charge on any atom is 0.227 e. The van der Waals surface area contributed by atoms with Crippen LogP contribution in [0.1, 0.15) is 19.4 Å². The zero-order valence-corrected chi connectivity index (χ0v) is 12.8. The summed E-state index contributed by atoms with van der Waals surface area (Å²) in [6.45, 7) is 7.30. The van der Waals surface area contributed by atoms with E-state index < -0.39 is 0 Å². The van der Waals surface area contributed by atoms with Gasteiger partial charge in [-0.1, -0.05) is 29.8 Å². The highest BCUT2D eigenvalue weighted by molar-refractivity contribution is 6.31. The summed E-state index contributed by atoms with van der Waals surface area (Å²) < 4.78 is 0. The molecule has 2 saturated heterocycles. The van der Waals surface area contributed by atoms with E-state index in [-0.39, 0.29) is 11.4 Å². The molecule has 0 aliphatic carbocycles. The van der Waals surface area contributed by atoms with E-state index in [1.807, 2.05) is 24.3 Å². The van der Waals surface area contributed by atoms with Crippen molar-refractivity contribution in [2.24, 2.45) is 11.8 Å². The van der Waals surface area contributed by atoms with Gasteiger partial charge in [-0.2, -0.15) is 0 Å². The van der Waals surface area contributed by atoms with E-state index in [1.165, 1.54) is 0 Å². The molecule has 1 N–H and O–H groups in total. The van der Waals surface area contributed by atoms with Gasteiger partial charge in [-0.05, 0) is 37.3 Å². The molecule has 0 radical (unpaired) electrons. The van der Waals surface area contributed by atoms with Gasteiger partial charge in [0.2, 0.25) is 5.91 Å². The first-order valence-electron chi connectivity index (χ1n) is 7.24. The summed E-state index contributed by atoms with van der Waals surface area (Å²) in [6, 6.07) is 7.61. The summed E-state index contributed by atoms with van der Waals surface area (Å²) >= 11 is 6.16. The van der Waals surface area contributed by atoms with Crippen molar-refractivity contribution in [3.63, 3.8) is 0 Å². The van der Waals surface area contributed by atoms with Crippen LogP contribution in [0.25, 0.3) is 0 Å². The van der Waals surface area contributed by atoms with Gasteiger partial charge in [0.05, 0.1) is 6.42 Å². The Hall–Kier alpha value is -1.06. The normalized spacial score (nSPS) is 27.6. The lowest BCUT2D eigenvalue weighted by atomic mass is 9.85. The fraction of sp³-hybridized carbons (Fsp3) is 0.562. The first-order chi connectivity index (χ1) is 9.50. The topological polar surface area (TPSA) is 32.3 Å². The summed E-state index contributed by atoms with van der Waals surface area (Å²) in [5, 5.41) is 4.12. The standard InChI is InChI=1S/C16H21ClN2O/c1-16(2)13-9-18-8-12(13)10-19(16)15(20)7-11-5-3-4-6-14(11)17/h3-6,12-13,18H,7-10H2,1-2H3. The lowest BCUT2D eigenvalue weighted by Crippen LogP contribution is -2.48. The van der Waals surface area contributed by atoms with Crippen LogP contribution in [-0.4, -0.2) is 36.0 Å². The molecule has 1 aromatic rings. The summed E-state index contributed by atoms with van der Waals surface area (Å²) in [5.74, 6) is 1.36. The molecule has 1 amide bonds. The minimum absolute atomic E-state index is 0.0630. The zero-order valence-electron chi connectivity index (χ0n) is 12.0. The molecular weight excluding hydrogens is 272 g/mol. The van der Waals surface area contributed by atoms with Crippen LogP contribution in [-0.2, 0) is 11.2 Å². The van der Waals surface area contributed by atoms with Crippen molar-refractivity contribution < 1.29 is 4.79 Å². The second-order valence-electron chi connectivity index (χ2n) is 6.45. The molecule has 108 valence electrons. The van der Waals surface area contributed by atoms with Crippen molar-refractivity contribution in [3.05, 3.63) is 34.9 Å². The molecule has 2 unspecified atom stereocenters. The predicted molar refractivity (Wildman–Crippen MR) is 80.8 cm³/mol. The highest BCUT2D eigenvalue weighted by Gasteiger charge is 2.51. The minimum Gasteiger partial charge on any atom is -0.337 e. The van der Waals surface area contributed by atoms with E-state index in [9.17, 15) is 4.79 Å². The van der Waals surface area contributed by atoms with Crippen LogP contribution in [0.15, 0.2) is 24.3 Å². The van der Waals surface area contributed by atoms with E-state index in [0.717, 1.165) is 25.2 Å². The molecule has 0 spiro atoms. The Labute approximate surface area is 125 Å². The maximum atomic E-state index is 12.7. The van der Waals surface area contributed by atoms with Crippen LogP contribution in [0.3, 0.4) is 0 Å². The fourth-order valence-electron chi connectivity index (χ4n) is 3.74. The number of benzene rings is 1. The molecule has 0 bridgehead atoms. The Morgan fingerprint density at radius 3 is 2.85 bits per heavy atom. The number of nitrogens with zero attached hydrogens (tertiary/aromatic N) is 1. The number of amides is 1. The van der Waals surface area contributed by atoms with Crippen molar-refractivity contribution in [3.8, 4) is 0 Å². The number of halogens is 1. The first-order valence-corrected chi connectivity index (χ1v) is 7.62. The van der Waals surface area contributed by atoms with Gasteiger partial charge >= 0.3 is 0 Å². The van der Waals surface area contributed by atoms with Crippen LogP contribution >= 0.6 is 11.6 Å². The second kappa shape index (κ2) is 5.05. The van der Waals surface area contributed by atoms with Gasteiger partial charge in [0, 0.05) is 30.2 Å². The molecule has 0 aromatic heterocycles. The van der Waals surface area contributed by atoms with E-state index in [0.29, 0.717) is 23.3 Å². The number of carbonyl (C=O) groups excluding carboxylic acids is 1. The van der Waals surface area contributed by atoms with Gasteiger partial charge in [0.1, 0.15) is 0 Å². The molecular formula is C16H21ClN2O. The Bertz CT molecular complexity index is 529. The molecule has 2 atom stereocenters. The molecule has 2 fully saturated rings. The summed E-state index contributed by atoms with van der Waals surface area (Å²) in [5.41, 5.74) is 0.858. The van der Waals surface area contributed by atoms with Crippen molar-refractivity contribution >= 4 is 17.5 Å². The highest BCUT2D eigenvalue weighted by Crippen LogP contribution is 2.40. The molecule has 1 aromatic carbocycles. The number of fused-ring (bicyclic) bond motifs is 1. The molecule has 3 nitrogen and oxygen atoms in total.